The van der Waals surface area contributed by atoms with E-state index >= 15 is 0 Å². The van der Waals surface area contributed by atoms with Gasteiger partial charge in [-0.25, -0.2) is 4.98 Å². The fourth-order valence-electron chi connectivity index (χ4n) is 4.68. The third-order valence-corrected chi connectivity index (χ3v) is 7.83. The third kappa shape index (κ3) is 13.9. The van der Waals surface area contributed by atoms with Gasteiger partial charge in [-0.05, 0) is 24.1 Å². The molecule has 1 aromatic carbocycles. The number of aromatic nitrogens is 3. The number of carbonyl (C=O) groups excluding carboxylic acids is 1. The predicted molar refractivity (Wildman–Crippen MR) is 182 cm³/mol. The van der Waals surface area contributed by atoms with Crippen LogP contribution in [0.4, 0.5) is 11.8 Å². The van der Waals surface area contributed by atoms with E-state index in [1.165, 1.54) is 0 Å². The molecule has 48 heavy (non-hydrogen) atoms. The Morgan fingerprint density at radius 2 is 1.67 bits per heavy atom. The van der Waals surface area contributed by atoms with Crippen molar-refractivity contribution in [1.82, 2.24) is 19.9 Å². The molecule has 0 aliphatic heterocycles. The van der Waals surface area contributed by atoms with Crippen molar-refractivity contribution < 1.29 is 41.4 Å². The average Bonchev–Trinajstić information content (AvgIpc) is 3.44. The number of benzene rings is 1. The SMILES string of the molecule is CCCCCNc1nc(N)nc2ccn(Cc3ccc(COCCOCCOCCOCCNC(=O)[C@@H](N)CS(=O)(=O)O)cc3OC)c12. The zero-order chi connectivity index (χ0) is 34.8. The normalized spacial score (nSPS) is 12.3. The summed E-state index contributed by atoms with van der Waals surface area (Å²) < 4.78 is 60.1. The lowest BCUT2D eigenvalue weighted by atomic mass is 10.1. The van der Waals surface area contributed by atoms with Crippen LogP contribution in [-0.2, 0) is 47.0 Å². The molecule has 0 aliphatic carbocycles. The van der Waals surface area contributed by atoms with Crippen LogP contribution in [0.1, 0.15) is 37.3 Å². The second-order valence-corrected chi connectivity index (χ2v) is 12.4. The van der Waals surface area contributed by atoms with E-state index in [0.29, 0.717) is 52.8 Å². The first-order chi connectivity index (χ1) is 23.1. The molecule has 16 nitrogen and oxygen atoms in total. The molecular weight excluding hydrogens is 646 g/mol. The smallest absolute Gasteiger partial charge is 0.266 e. The number of nitrogens with zero attached hydrogens (tertiary/aromatic N) is 3. The van der Waals surface area contributed by atoms with Gasteiger partial charge in [-0.1, -0.05) is 31.9 Å². The maximum atomic E-state index is 11.6. The summed E-state index contributed by atoms with van der Waals surface area (Å²) in [4.78, 5) is 20.5. The fourth-order valence-corrected chi connectivity index (χ4v) is 5.29. The summed E-state index contributed by atoms with van der Waals surface area (Å²) in [7, 11) is -2.67. The number of anilines is 2. The molecule has 268 valence electrons. The van der Waals surface area contributed by atoms with Gasteiger partial charge in [-0.15, -0.1) is 0 Å². The van der Waals surface area contributed by atoms with E-state index in [0.717, 1.165) is 59.5 Å². The summed E-state index contributed by atoms with van der Waals surface area (Å²) in [5.41, 5.74) is 15.0. The van der Waals surface area contributed by atoms with Gasteiger partial charge >= 0.3 is 0 Å². The quantitative estimate of drug-likeness (QED) is 0.0627. The van der Waals surface area contributed by atoms with E-state index in [-0.39, 0.29) is 19.1 Å². The van der Waals surface area contributed by atoms with Crippen molar-refractivity contribution in [2.24, 2.45) is 5.73 Å². The van der Waals surface area contributed by atoms with Crippen molar-refractivity contribution in [2.45, 2.75) is 45.4 Å². The molecule has 0 aliphatic rings. The Balaban J connectivity index is 1.30. The van der Waals surface area contributed by atoms with Gasteiger partial charge in [-0.2, -0.15) is 13.4 Å². The number of hydrogen-bond donors (Lipinski definition) is 5. The summed E-state index contributed by atoms with van der Waals surface area (Å²) in [6.45, 7) is 6.57. The minimum absolute atomic E-state index is 0.146. The molecule has 7 N–H and O–H groups in total. The van der Waals surface area contributed by atoms with Crippen LogP contribution >= 0.6 is 0 Å². The van der Waals surface area contributed by atoms with Crippen molar-refractivity contribution in [3.63, 3.8) is 0 Å². The maximum Gasteiger partial charge on any atom is 0.266 e. The Hall–Kier alpha value is -3.58. The first-order valence-electron chi connectivity index (χ1n) is 15.9. The van der Waals surface area contributed by atoms with Gasteiger partial charge in [0.25, 0.3) is 10.1 Å². The summed E-state index contributed by atoms with van der Waals surface area (Å²) in [5, 5.41) is 5.86. The lowest BCUT2D eigenvalue weighted by Crippen LogP contribution is -2.45. The molecule has 0 radical (unpaired) electrons. The lowest BCUT2D eigenvalue weighted by Gasteiger charge is -2.14. The first-order valence-corrected chi connectivity index (χ1v) is 17.5. The van der Waals surface area contributed by atoms with Crippen LogP contribution in [0.15, 0.2) is 30.5 Å². The number of methoxy groups -OCH3 is 1. The second-order valence-electron chi connectivity index (χ2n) is 10.9. The van der Waals surface area contributed by atoms with E-state index in [4.69, 9.17) is 39.7 Å². The van der Waals surface area contributed by atoms with Gasteiger partial charge < -0.3 is 50.4 Å². The molecule has 2 aromatic heterocycles. The number of ether oxygens (including phenoxy) is 5. The van der Waals surface area contributed by atoms with Crippen molar-refractivity contribution in [3.05, 3.63) is 41.6 Å². The van der Waals surface area contributed by atoms with Gasteiger partial charge in [-0.3, -0.25) is 9.35 Å². The third-order valence-electron chi connectivity index (χ3n) is 7.05. The van der Waals surface area contributed by atoms with Crippen molar-refractivity contribution >= 4 is 38.8 Å². The highest BCUT2D eigenvalue weighted by Crippen LogP contribution is 2.27. The van der Waals surface area contributed by atoms with E-state index < -0.39 is 27.8 Å². The molecule has 2 heterocycles. The maximum absolute atomic E-state index is 11.6. The zero-order valence-electron chi connectivity index (χ0n) is 27.7. The van der Waals surface area contributed by atoms with Crippen LogP contribution in [0.3, 0.4) is 0 Å². The van der Waals surface area contributed by atoms with Crippen molar-refractivity contribution in [1.29, 1.82) is 0 Å². The largest absolute Gasteiger partial charge is 0.496 e. The van der Waals surface area contributed by atoms with Gasteiger partial charge in [0.1, 0.15) is 17.3 Å². The van der Waals surface area contributed by atoms with Gasteiger partial charge in [0.2, 0.25) is 11.9 Å². The number of nitrogens with two attached hydrogens (primary N) is 2. The summed E-state index contributed by atoms with van der Waals surface area (Å²) >= 11 is 0. The molecule has 0 unspecified atom stereocenters. The Morgan fingerprint density at radius 3 is 2.33 bits per heavy atom. The topological polar surface area (TPSA) is 224 Å². The standard InChI is InChI=1S/C31H49N7O9S/c1-3-4-5-9-34-29-28-26(36-31(33)37-29)8-11-38(28)20-24-7-6-23(19-27(24)43-2)21-47-18-17-46-16-15-45-14-13-44-12-10-35-30(39)25(32)22-48(40,41)42/h6-8,11,19,25H,3-5,9-10,12-18,20-22,32H2,1-2H3,(H,35,39)(H,40,41,42)(H3,33,34,36,37)/t25-/m0/s1. The van der Waals surface area contributed by atoms with E-state index in [1.54, 1.807) is 7.11 Å². The molecule has 0 bridgehead atoms. The number of rotatable bonds is 25. The molecule has 0 fully saturated rings. The van der Waals surface area contributed by atoms with Gasteiger partial charge in [0.05, 0.1) is 77.8 Å². The fraction of sp³-hybridized carbons (Fsp3) is 0.581. The second kappa shape index (κ2) is 20.7. The van der Waals surface area contributed by atoms with Crippen molar-refractivity contribution in [2.75, 3.05) is 83.3 Å². The van der Waals surface area contributed by atoms with Crippen LogP contribution in [-0.4, -0.2) is 112 Å². The Labute approximate surface area is 281 Å². The van der Waals surface area contributed by atoms with Crippen LogP contribution in [0.25, 0.3) is 11.0 Å². The molecular formula is C31H49N7O9S. The zero-order valence-corrected chi connectivity index (χ0v) is 28.5. The number of fused-ring (bicyclic) bond motifs is 1. The van der Waals surface area contributed by atoms with E-state index in [2.05, 4.69) is 32.1 Å². The number of carbonyl (C=O) groups is 1. The van der Waals surface area contributed by atoms with Crippen LogP contribution in [0.2, 0.25) is 0 Å². The van der Waals surface area contributed by atoms with Crippen LogP contribution in [0, 0.1) is 0 Å². The highest BCUT2D eigenvalue weighted by atomic mass is 32.2. The number of amides is 1. The van der Waals surface area contributed by atoms with Crippen LogP contribution in [0.5, 0.6) is 5.75 Å². The predicted octanol–water partition coefficient (Wildman–Crippen LogP) is 1.57. The molecule has 0 spiro atoms. The molecule has 0 saturated heterocycles. The molecule has 0 saturated carbocycles. The van der Waals surface area contributed by atoms with E-state index in [9.17, 15) is 13.2 Å². The molecule has 3 aromatic rings. The summed E-state index contributed by atoms with van der Waals surface area (Å²) in [6.07, 6.45) is 5.32. The van der Waals surface area contributed by atoms with Gasteiger partial charge in [0.15, 0.2) is 5.82 Å². The van der Waals surface area contributed by atoms with Crippen LogP contribution < -0.4 is 26.8 Å². The number of nitrogen functional groups attached to an aromatic ring is 1. The van der Waals surface area contributed by atoms with Gasteiger partial charge in [0, 0.05) is 24.8 Å². The Bertz CT molecular complexity index is 1520. The monoisotopic (exact) mass is 695 g/mol. The highest BCUT2D eigenvalue weighted by molar-refractivity contribution is 7.85. The Morgan fingerprint density at radius 1 is 0.979 bits per heavy atom. The molecule has 17 heteroatoms. The number of nitrogens with one attached hydrogen (secondary N) is 2. The minimum Gasteiger partial charge on any atom is -0.496 e. The van der Waals surface area contributed by atoms with E-state index in [1.807, 2.05) is 30.5 Å². The number of hydrogen-bond acceptors (Lipinski definition) is 13. The Kier molecular flexibility index (Phi) is 16.8. The average molecular weight is 696 g/mol. The molecule has 1 atom stereocenters. The summed E-state index contributed by atoms with van der Waals surface area (Å²) in [5.74, 6) is 0.199. The summed E-state index contributed by atoms with van der Waals surface area (Å²) in [6, 6.07) is 6.62. The minimum atomic E-state index is -4.32. The first kappa shape index (κ1) is 38.9. The molecule has 1 amide bonds. The lowest BCUT2D eigenvalue weighted by molar-refractivity contribution is -0.122. The molecule has 3 rings (SSSR count). The van der Waals surface area contributed by atoms with Crippen molar-refractivity contribution in [3.8, 4) is 5.75 Å². The highest BCUT2D eigenvalue weighted by Gasteiger charge is 2.19. The number of unbranched alkanes of at least 4 members (excludes halogenated alkanes) is 2.